The lowest BCUT2D eigenvalue weighted by Crippen LogP contribution is -2.48. The molecule has 208 valence electrons. The van der Waals surface area contributed by atoms with E-state index in [-0.39, 0.29) is 5.91 Å². The molecule has 4 aromatic rings. The molecule has 3 aromatic carbocycles. The van der Waals surface area contributed by atoms with Crippen LogP contribution in [0.4, 0.5) is 0 Å². The maximum atomic E-state index is 13.3. The van der Waals surface area contributed by atoms with Crippen molar-refractivity contribution in [3.63, 3.8) is 0 Å². The van der Waals surface area contributed by atoms with Crippen LogP contribution in [0, 0.1) is 0 Å². The molecule has 1 aromatic heterocycles. The summed E-state index contributed by atoms with van der Waals surface area (Å²) < 4.78 is 17.0. The molecule has 0 bridgehead atoms. The van der Waals surface area contributed by atoms with Crippen LogP contribution in [0.1, 0.15) is 33.0 Å². The number of ether oxygens (including phenoxy) is 2. The van der Waals surface area contributed by atoms with E-state index in [4.69, 9.17) is 13.9 Å². The molecule has 5 rings (SSSR count). The summed E-state index contributed by atoms with van der Waals surface area (Å²) >= 11 is 0. The minimum absolute atomic E-state index is 0.0416. The molecule has 40 heavy (non-hydrogen) atoms. The van der Waals surface area contributed by atoms with Crippen molar-refractivity contribution >= 4 is 5.91 Å². The third kappa shape index (κ3) is 7.11. The van der Waals surface area contributed by atoms with Gasteiger partial charge in [0.1, 0.15) is 5.76 Å². The topological polar surface area (TPSA) is 58.4 Å². The molecule has 7 nitrogen and oxygen atoms in total. The summed E-state index contributed by atoms with van der Waals surface area (Å²) in [5.74, 6) is 2.53. The van der Waals surface area contributed by atoms with E-state index in [0.29, 0.717) is 43.4 Å². The van der Waals surface area contributed by atoms with E-state index in [1.807, 2.05) is 59.5 Å². The maximum Gasteiger partial charge on any atom is 0.289 e. The normalized spacial score (nSPS) is 13.9. The number of nitrogens with zero attached hydrogens (tertiary/aromatic N) is 3. The molecule has 0 radical (unpaired) electrons. The van der Waals surface area contributed by atoms with Crippen LogP contribution in [0.3, 0.4) is 0 Å². The van der Waals surface area contributed by atoms with Crippen molar-refractivity contribution in [3.8, 4) is 11.5 Å². The smallest absolute Gasteiger partial charge is 0.289 e. The molecule has 1 aliphatic heterocycles. The number of furan rings is 1. The van der Waals surface area contributed by atoms with Crippen LogP contribution < -0.4 is 9.47 Å². The highest BCUT2D eigenvalue weighted by Gasteiger charge is 2.24. The zero-order chi connectivity index (χ0) is 27.7. The van der Waals surface area contributed by atoms with Crippen molar-refractivity contribution in [3.05, 3.63) is 119 Å². The zero-order valence-electron chi connectivity index (χ0n) is 23.3. The molecule has 0 unspecified atom stereocenters. The lowest BCUT2D eigenvalue weighted by molar-refractivity contribution is 0.0594. The maximum absolute atomic E-state index is 13.3. The second-order valence-corrected chi connectivity index (χ2v) is 10.1. The molecule has 0 saturated carbocycles. The molecule has 1 saturated heterocycles. The van der Waals surface area contributed by atoms with Gasteiger partial charge in [0.15, 0.2) is 17.3 Å². The first-order chi connectivity index (χ1) is 19.6. The van der Waals surface area contributed by atoms with E-state index >= 15 is 0 Å². The van der Waals surface area contributed by atoms with Gasteiger partial charge >= 0.3 is 0 Å². The van der Waals surface area contributed by atoms with Gasteiger partial charge in [-0.15, -0.1) is 0 Å². The minimum Gasteiger partial charge on any atom is -0.493 e. The van der Waals surface area contributed by atoms with Crippen molar-refractivity contribution < 1.29 is 18.7 Å². The number of rotatable bonds is 11. The van der Waals surface area contributed by atoms with E-state index in [1.165, 1.54) is 11.1 Å². The van der Waals surface area contributed by atoms with Crippen molar-refractivity contribution in [2.45, 2.75) is 26.2 Å². The number of carbonyl (C=O) groups is 1. The number of amides is 1. The number of methoxy groups -OCH3 is 2. The Bertz CT molecular complexity index is 1360. The van der Waals surface area contributed by atoms with Crippen molar-refractivity contribution in [1.29, 1.82) is 0 Å². The molecule has 7 heteroatoms. The van der Waals surface area contributed by atoms with E-state index in [1.54, 1.807) is 14.2 Å². The van der Waals surface area contributed by atoms with E-state index < -0.39 is 0 Å². The fourth-order valence-electron chi connectivity index (χ4n) is 5.15. The average molecular weight is 540 g/mol. The molecule has 0 spiro atoms. The van der Waals surface area contributed by atoms with Gasteiger partial charge in [-0.25, -0.2) is 0 Å². The molecule has 1 fully saturated rings. The van der Waals surface area contributed by atoms with Gasteiger partial charge in [0.05, 0.1) is 20.8 Å². The highest BCUT2D eigenvalue weighted by atomic mass is 16.5. The number of piperazine rings is 1. The fourth-order valence-corrected chi connectivity index (χ4v) is 5.15. The molecule has 0 N–H and O–H groups in total. The van der Waals surface area contributed by atoms with Gasteiger partial charge in [-0.05, 0) is 41.0 Å². The third-order valence-corrected chi connectivity index (χ3v) is 7.26. The van der Waals surface area contributed by atoms with Crippen molar-refractivity contribution in [2.75, 3.05) is 40.4 Å². The number of hydrogen-bond donors (Lipinski definition) is 0. The second kappa shape index (κ2) is 13.3. The largest absolute Gasteiger partial charge is 0.493 e. The van der Waals surface area contributed by atoms with E-state index in [9.17, 15) is 4.79 Å². The quantitative estimate of drug-likeness (QED) is 0.252. The Morgan fingerprint density at radius 3 is 2.05 bits per heavy atom. The Balaban J connectivity index is 1.23. The van der Waals surface area contributed by atoms with Crippen molar-refractivity contribution in [1.82, 2.24) is 14.7 Å². The minimum atomic E-state index is -0.0416. The Labute approximate surface area is 236 Å². The summed E-state index contributed by atoms with van der Waals surface area (Å²) in [6, 6.07) is 30.5. The first-order valence-corrected chi connectivity index (χ1v) is 13.7. The van der Waals surface area contributed by atoms with Gasteiger partial charge in [-0.3, -0.25) is 14.6 Å². The number of hydrogen-bond acceptors (Lipinski definition) is 6. The van der Waals surface area contributed by atoms with Gasteiger partial charge in [0.25, 0.3) is 5.91 Å². The molecule has 0 aliphatic carbocycles. The van der Waals surface area contributed by atoms with Crippen LogP contribution in [0.25, 0.3) is 0 Å². The molecule has 1 aliphatic rings. The number of benzene rings is 3. The van der Waals surface area contributed by atoms with Crippen LogP contribution in [0.5, 0.6) is 11.5 Å². The van der Waals surface area contributed by atoms with Crippen LogP contribution in [0.15, 0.2) is 95.4 Å². The summed E-state index contributed by atoms with van der Waals surface area (Å²) in [7, 11) is 3.29. The highest BCUT2D eigenvalue weighted by molar-refractivity contribution is 5.91. The van der Waals surface area contributed by atoms with E-state index in [2.05, 4.69) is 46.2 Å². The Morgan fingerprint density at radius 2 is 1.38 bits per heavy atom. The van der Waals surface area contributed by atoms with E-state index in [0.717, 1.165) is 37.5 Å². The lowest BCUT2D eigenvalue weighted by Gasteiger charge is -2.34. The molecule has 2 heterocycles. The fraction of sp³-hybridized carbons (Fsp3) is 0.303. The van der Waals surface area contributed by atoms with Gasteiger partial charge < -0.3 is 18.8 Å². The Hall–Kier alpha value is -4.07. The van der Waals surface area contributed by atoms with Crippen LogP contribution in [-0.2, 0) is 26.2 Å². The summed E-state index contributed by atoms with van der Waals surface area (Å²) in [6.45, 7) is 5.99. The average Bonchev–Trinajstić information content (AvgIpc) is 3.46. The molecule has 0 atom stereocenters. The Kier molecular flexibility index (Phi) is 9.16. The van der Waals surface area contributed by atoms with Gasteiger partial charge in [-0.1, -0.05) is 66.7 Å². The van der Waals surface area contributed by atoms with Crippen LogP contribution in [0.2, 0.25) is 0 Å². The molecule has 1 amide bonds. The summed E-state index contributed by atoms with van der Waals surface area (Å²) in [5, 5.41) is 0. The van der Waals surface area contributed by atoms with Crippen molar-refractivity contribution in [2.24, 2.45) is 0 Å². The van der Waals surface area contributed by atoms with Crippen LogP contribution in [-0.4, -0.2) is 61.0 Å². The predicted octanol–water partition coefficient (Wildman–Crippen LogP) is 5.46. The summed E-state index contributed by atoms with van der Waals surface area (Å²) in [4.78, 5) is 19.8. The highest BCUT2D eigenvalue weighted by Crippen LogP contribution is 2.28. The molecular weight excluding hydrogens is 502 g/mol. The first-order valence-electron chi connectivity index (χ1n) is 13.7. The summed E-state index contributed by atoms with van der Waals surface area (Å²) in [6.07, 6.45) is 0. The SMILES string of the molecule is COc1ccc(CN(Cc2ccccc2)Cc2ccc(C(=O)N3CCN(Cc4ccccc4)CC3)o2)cc1OC. The lowest BCUT2D eigenvalue weighted by atomic mass is 10.1. The second-order valence-electron chi connectivity index (χ2n) is 10.1. The third-order valence-electron chi connectivity index (χ3n) is 7.26. The standard InChI is InChI=1S/C33H37N3O4/c1-38-30-15-13-28(21-32(30)39-2)24-35(23-27-11-7-4-8-12-27)25-29-14-16-31(40-29)33(37)36-19-17-34(18-20-36)22-26-9-5-3-6-10-26/h3-16,21H,17-20,22-25H2,1-2H3. The summed E-state index contributed by atoms with van der Waals surface area (Å²) in [5.41, 5.74) is 3.61. The zero-order valence-corrected chi connectivity index (χ0v) is 23.3. The monoisotopic (exact) mass is 539 g/mol. The van der Waals surface area contributed by atoms with Gasteiger partial charge in [0.2, 0.25) is 0 Å². The predicted molar refractivity (Wildman–Crippen MR) is 155 cm³/mol. The van der Waals surface area contributed by atoms with Gasteiger partial charge in [-0.2, -0.15) is 0 Å². The first kappa shape index (κ1) is 27.5. The molecular formula is C33H37N3O4. The van der Waals surface area contributed by atoms with Crippen LogP contribution >= 0.6 is 0 Å². The van der Waals surface area contributed by atoms with Gasteiger partial charge in [0, 0.05) is 45.8 Å². The number of carbonyl (C=O) groups excluding carboxylic acids is 1. The Morgan fingerprint density at radius 1 is 0.725 bits per heavy atom.